The maximum Gasteiger partial charge on any atom is 0.170 e. The van der Waals surface area contributed by atoms with Crippen molar-refractivity contribution in [1.29, 1.82) is 0 Å². The average Bonchev–Trinajstić information content (AvgIpc) is 2.15. The average molecular weight is 181 g/mol. The molecule has 0 bridgehead atoms. The fraction of sp³-hybridized carbons (Fsp3) is 0.625. The normalized spacial score (nSPS) is 10.5. The second-order valence-electron chi connectivity index (χ2n) is 3.04. The zero-order valence-corrected chi connectivity index (χ0v) is 8.01. The van der Waals surface area contributed by atoms with E-state index in [2.05, 4.69) is 33.9 Å². The van der Waals surface area contributed by atoms with Crippen molar-refractivity contribution in [2.75, 3.05) is 18.0 Å². The molecule has 2 N–H and O–H groups in total. The lowest BCUT2D eigenvalue weighted by Crippen LogP contribution is -2.36. The number of nitrogens with zero attached hydrogens (tertiary/aromatic N) is 4. The number of hydrogen-bond donors (Lipinski definition) is 1. The van der Waals surface area contributed by atoms with Gasteiger partial charge in [-0.25, -0.2) is 4.98 Å². The van der Waals surface area contributed by atoms with E-state index in [1.807, 2.05) is 0 Å². The Kier molecular flexibility index (Phi) is 3.57. The van der Waals surface area contributed by atoms with Gasteiger partial charge in [-0.15, -0.1) is 10.2 Å². The van der Waals surface area contributed by atoms with Gasteiger partial charge in [-0.1, -0.05) is 0 Å². The highest BCUT2D eigenvalue weighted by molar-refractivity contribution is 5.34. The monoisotopic (exact) mass is 181 g/mol. The molecule has 0 saturated carbocycles. The second-order valence-corrected chi connectivity index (χ2v) is 3.04. The van der Waals surface area contributed by atoms with Crippen LogP contribution in [0.3, 0.4) is 0 Å². The van der Waals surface area contributed by atoms with Crippen molar-refractivity contribution in [2.45, 2.75) is 19.9 Å². The molecule has 0 amide bonds. The standard InChI is InChI=1S/C8H15N5/c1-7(2)13(4-3-9)8-5-10-6-11-12-8/h5-7H,3-4,9H2,1-2H3. The van der Waals surface area contributed by atoms with Crippen LogP contribution in [-0.4, -0.2) is 34.3 Å². The van der Waals surface area contributed by atoms with Crippen molar-refractivity contribution >= 4 is 5.82 Å². The van der Waals surface area contributed by atoms with E-state index in [0.717, 1.165) is 12.4 Å². The Balaban J connectivity index is 2.76. The number of rotatable bonds is 4. The van der Waals surface area contributed by atoms with Crippen LogP contribution in [0.1, 0.15) is 13.8 Å². The van der Waals surface area contributed by atoms with Gasteiger partial charge >= 0.3 is 0 Å². The Morgan fingerprint density at radius 3 is 2.77 bits per heavy atom. The van der Waals surface area contributed by atoms with Crippen molar-refractivity contribution < 1.29 is 0 Å². The summed E-state index contributed by atoms with van der Waals surface area (Å²) in [5.41, 5.74) is 5.49. The number of anilines is 1. The first-order chi connectivity index (χ1) is 6.25. The summed E-state index contributed by atoms with van der Waals surface area (Å²) in [7, 11) is 0. The predicted molar refractivity (Wildman–Crippen MR) is 51.4 cm³/mol. The third-order valence-electron chi connectivity index (χ3n) is 1.76. The van der Waals surface area contributed by atoms with E-state index in [1.165, 1.54) is 6.33 Å². The largest absolute Gasteiger partial charge is 0.350 e. The molecule has 13 heavy (non-hydrogen) atoms. The Morgan fingerprint density at radius 1 is 1.54 bits per heavy atom. The maximum absolute atomic E-state index is 5.49. The molecular weight excluding hydrogens is 166 g/mol. The molecule has 0 aromatic carbocycles. The van der Waals surface area contributed by atoms with Crippen LogP contribution in [0, 0.1) is 0 Å². The van der Waals surface area contributed by atoms with Gasteiger partial charge < -0.3 is 10.6 Å². The third kappa shape index (κ3) is 2.62. The molecule has 0 unspecified atom stereocenters. The van der Waals surface area contributed by atoms with E-state index in [-0.39, 0.29) is 0 Å². The Morgan fingerprint density at radius 2 is 2.31 bits per heavy atom. The fourth-order valence-electron chi connectivity index (χ4n) is 1.15. The second kappa shape index (κ2) is 4.71. The first-order valence-corrected chi connectivity index (χ1v) is 4.35. The van der Waals surface area contributed by atoms with Crippen molar-refractivity contribution in [1.82, 2.24) is 15.2 Å². The minimum absolute atomic E-state index is 0.363. The molecule has 5 nitrogen and oxygen atoms in total. The molecule has 0 fully saturated rings. The first kappa shape index (κ1) is 9.85. The molecule has 0 saturated heterocycles. The quantitative estimate of drug-likeness (QED) is 0.710. The summed E-state index contributed by atoms with van der Waals surface area (Å²) < 4.78 is 0. The molecule has 0 aliphatic carbocycles. The van der Waals surface area contributed by atoms with Gasteiger partial charge in [0.2, 0.25) is 0 Å². The molecule has 0 atom stereocenters. The zero-order chi connectivity index (χ0) is 9.68. The molecule has 1 aromatic rings. The predicted octanol–water partition coefficient (Wildman–Crippen LogP) is 0.0451. The van der Waals surface area contributed by atoms with Crippen LogP contribution in [0.5, 0.6) is 0 Å². The van der Waals surface area contributed by atoms with Gasteiger partial charge in [-0.05, 0) is 13.8 Å². The smallest absolute Gasteiger partial charge is 0.170 e. The molecule has 1 heterocycles. The summed E-state index contributed by atoms with van der Waals surface area (Å²) in [5, 5.41) is 7.70. The summed E-state index contributed by atoms with van der Waals surface area (Å²) in [4.78, 5) is 5.98. The number of nitrogens with two attached hydrogens (primary N) is 1. The summed E-state index contributed by atoms with van der Waals surface area (Å²) in [6, 6.07) is 0.363. The highest BCUT2D eigenvalue weighted by Gasteiger charge is 2.10. The SMILES string of the molecule is CC(C)N(CCN)c1cncnn1. The van der Waals surface area contributed by atoms with Crippen molar-refractivity contribution in [2.24, 2.45) is 5.73 Å². The molecule has 1 aromatic heterocycles. The van der Waals surface area contributed by atoms with Gasteiger partial charge in [0.25, 0.3) is 0 Å². The molecule has 0 spiro atoms. The summed E-state index contributed by atoms with van der Waals surface area (Å²) in [6.45, 7) is 5.56. The minimum atomic E-state index is 0.363. The first-order valence-electron chi connectivity index (χ1n) is 4.35. The maximum atomic E-state index is 5.49. The molecule has 0 aliphatic heterocycles. The van der Waals surface area contributed by atoms with Crippen LogP contribution in [0.4, 0.5) is 5.82 Å². The number of hydrogen-bond acceptors (Lipinski definition) is 5. The third-order valence-corrected chi connectivity index (χ3v) is 1.76. The van der Waals surface area contributed by atoms with Crippen LogP contribution in [-0.2, 0) is 0 Å². The van der Waals surface area contributed by atoms with Crippen LogP contribution in [0.2, 0.25) is 0 Å². The fourth-order valence-corrected chi connectivity index (χ4v) is 1.15. The molecule has 1 rings (SSSR count). The lowest BCUT2D eigenvalue weighted by molar-refractivity contribution is 0.665. The van der Waals surface area contributed by atoms with Crippen molar-refractivity contribution in [3.05, 3.63) is 12.5 Å². The van der Waals surface area contributed by atoms with E-state index in [4.69, 9.17) is 5.73 Å². The van der Waals surface area contributed by atoms with Crippen molar-refractivity contribution in [3.8, 4) is 0 Å². The zero-order valence-electron chi connectivity index (χ0n) is 8.01. The molecule has 72 valence electrons. The van der Waals surface area contributed by atoms with Crippen molar-refractivity contribution in [3.63, 3.8) is 0 Å². The minimum Gasteiger partial charge on any atom is -0.350 e. The lowest BCUT2D eigenvalue weighted by Gasteiger charge is -2.25. The van der Waals surface area contributed by atoms with Crippen LogP contribution < -0.4 is 10.6 Å². The summed E-state index contributed by atoms with van der Waals surface area (Å²) in [5.74, 6) is 0.781. The van der Waals surface area contributed by atoms with Gasteiger partial charge in [0, 0.05) is 19.1 Å². The Labute approximate surface area is 78.0 Å². The summed E-state index contributed by atoms with van der Waals surface area (Å²) in [6.07, 6.45) is 3.12. The topological polar surface area (TPSA) is 67.9 Å². The highest BCUT2D eigenvalue weighted by atomic mass is 15.3. The Hall–Kier alpha value is -1.23. The van der Waals surface area contributed by atoms with Gasteiger partial charge in [-0.2, -0.15) is 0 Å². The van der Waals surface area contributed by atoms with E-state index >= 15 is 0 Å². The van der Waals surface area contributed by atoms with E-state index in [1.54, 1.807) is 6.20 Å². The van der Waals surface area contributed by atoms with Crippen LogP contribution in [0.25, 0.3) is 0 Å². The van der Waals surface area contributed by atoms with Gasteiger partial charge in [0.05, 0.1) is 6.20 Å². The van der Waals surface area contributed by atoms with E-state index in [0.29, 0.717) is 12.6 Å². The molecule has 0 radical (unpaired) electrons. The Bertz CT molecular complexity index is 236. The van der Waals surface area contributed by atoms with E-state index in [9.17, 15) is 0 Å². The van der Waals surface area contributed by atoms with Gasteiger partial charge in [0.1, 0.15) is 6.33 Å². The lowest BCUT2D eigenvalue weighted by atomic mass is 10.3. The molecular formula is C8H15N5. The van der Waals surface area contributed by atoms with Gasteiger partial charge in [0.15, 0.2) is 5.82 Å². The number of aromatic nitrogens is 3. The van der Waals surface area contributed by atoms with E-state index < -0.39 is 0 Å². The molecule has 0 aliphatic rings. The molecule has 5 heteroatoms. The van der Waals surface area contributed by atoms with Crippen LogP contribution in [0.15, 0.2) is 12.5 Å². The van der Waals surface area contributed by atoms with Crippen LogP contribution >= 0.6 is 0 Å². The summed E-state index contributed by atoms with van der Waals surface area (Å²) >= 11 is 0. The highest BCUT2D eigenvalue weighted by Crippen LogP contribution is 2.09. The van der Waals surface area contributed by atoms with Gasteiger partial charge in [-0.3, -0.25) is 0 Å².